The van der Waals surface area contributed by atoms with Crippen LogP contribution in [0.25, 0.3) is 0 Å². The van der Waals surface area contributed by atoms with Crippen molar-refractivity contribution in [1.82, 2.24) is 4.90 Å². The molecule has 0 aliphatic rings. The summed E-state index contributed by atoms with van der Waals surface area (Å²) in [5.41, 5.74) is 1.35. The van der Waals surface area contributed by atoms with Crippen LogP contribution in [0.5, 0.6) is 0 Å². The van der Waals surface area contributed by atoms with Crippen molar-refractivity contribution in [3.63, 3.8) is 0 Å². The van der Waals surface area contributed by atoms with Gasteiger partial charge in [-0.1, -0.05) is 36.8 Å². The second-order valence-corrected chi connectivity index (χ2v) is 5.54. The van der Waals surface area contributed by atoms with Gasteiger partial charge >= 0.3 is 0 Å². The van der Waals surface area contributed by atoms with Crippen molar-refractivity contribution < 1.29 is 0 Å². The summed E-state index contributed by atoms with van der Waals surface area (Å²) in [6, 6.07) is 11.9. The second-order valence-electron chi connectivity index (χ2n) is 5.54. The Kier molecular flexibility index (Phi) is 7.04. The van der Waals surface area contributed by atoms with Gasteiger partial charge in [0.25, 0.3) is 0 Å². The Bertz CT molecular complexity index is 295. The number of nitrogens with zero attached hydrogens (tertiary/aromatic N) is 1. The highest BCUT2D eigenvalue weighted by atomic mass is 15.2. The molecule has 0 aliphatic heterocycles. The van der Waals surface area contributed by atoms with Crippen LogP contribution in [0.2, 0.25) is 0 Å². The topological polar surface area (TPSA) is 3.24 Å². The zero-order valence-corrected chi connectivity index (χ0v) is 12.4. The molecule has 1 aromatic carbocycles. The molecule has 18 heavy (non-hydrogen) atoms. The van der Waals surface area contributed by atoms with E-state index < -0.39 is 0 Å². The minimum Gasteiger partial charge on any atom is -0.299 e. The van der Waals surface area contributed by atoms with Gasteiger partial charge in [-0.3, -0.25) is 4.90 Å². The Morgan fingerprint density at radius 3 is 2.11 bits per heavy atom. The number of hydrogen-bond donors (Lipinski definition) is 0. The van der Waals surface area contributed by atoms with Crippen LogP contribution in [0.15, 0.2) is 30.3 Å². The molecule has 1 heteroatoms. The van der Waals surface area contributed by atoms with E-state index in [2.05, 4.69) is 69.3 Å². The predicted molar refractivity (Wildman–Crippen MR) is 80.7 cm³/mol. The molecule has 1 radical (unpaired) electrons. The van der Waals surface area contributed by atoms with Crippen LogP contribution in [0.1, 0.15) is 52.5 Å². The summed E-state index contributed by atoms with van der Waals surface area (Å²) in [5, 5.41) is 0. The molecule has 1 rings (SSSR count). The molecule has 0 aromatic heterocycles. The van der Waals surface area contributed by atoms with Crippen LogP contribution in [0.3, 0.4) is 0 Å². The summed E-state index contributed by atoms with van der Waals surface area (Å²) >= 11 is 0. The molecule has 0 amide bonds. The summed E-state index contributed by atoms with van der Waals surface area (Å²) in [7, 11) is 0. The largest absolute Gasteiger partial charge is 0.299 e. The first-order valence-corrected chi connectivity index (χ1v) is 7.25. The van der Waals surface area contributed by atoms with Crippen molar-refractivity contribution in [1.29, 1.82) is 0 Å². The first-order chi connectivity index (χ1) is 8.61. The molecule has 0 saturated carbocycles. The Morgan fingerprint density at radius 1 is 0.944 bits per heavy atom. The average Bonchev–Trinajstić information content (AvgIpc) is 2.34. The molecule has 1 aromatic rings. The quantitative estimate of drug-likeness (QED) is 0.609. The van der Waals surface area contributed by atoms with Crippen LogP contribution in [0, 0.1) is 6.42 Å². The Morgan fingerprint density at radius 2 is 1.56 bits per heavy atom. The van der Waals surface area contributed by atoms with Gasteiger partial charge in [0.05, 0.1) is 0 Å². The van der Waals surface area contributed by atoms with E-state index in [1.165, 1.54) is 31.4 Å². The van der Waals surface area contributed by atoms with E-state index in [0.29, 0.717) is 12.1 Å². The number of hydrogen-bond acceptors (Lipinski definition) is 1. The summed E-state index contributed by atoms with van der Waals surface area (Å²) in [4.78, 5) is 2.57. The van der Waals surface area contributed by atoms with Gasteiger partial charge < -0.3 is 0 Å². The molecule has 0 unspecified atom stereocenters. The van der Waals surface area contributed by atoms with Gasteiger partial charge in [-0.2, -0.15) is 0 Å². The highest BCUT2D eigenvalue weighted by Gasteiger charge is 2.11. The van der Waals surface area contributed by atoms with Crippen LogP contribution in [-0.4, -0.2) is 23.5 Å². The Hall–Kier alpha value is -0.820. The van der Waals surface area contributed by atoms with Crippen molar-refractivity contribution in [2.45, 2.75) is 59.0 Å². The van der Waals surface area contributed by atoms with Crippen molar-refractivity contribution in [2.24, 2.45) is 0 Å². The highest BCUT2D eigenvalue weighted by Crippen LogP contribution is 2.11. The van der Waals surface area contributed by atoms with Crippen LogP contribution in [-0.2, 0) is 0 Å². The molecular weight excluding hydrogens is 218 g/mol. The molecule has 0 aliphatic carbocycles. The van der Waals surface area contributed by atoms with E-state index in [1.807, 2.05) is 0 Å². The smallest absolute Gasteiger partial charge is 0.00412 e. The lowest BCUT2D eigenvalue weighted by Crippen LogP contribution is -2.37. The molecule has 101 valence electrons. The van der Waals surface area contributed by atoms with Crippen molar-refractivity contribution in [3.8, 4) is 0 Å². The summed E-state index contributed by atoms with van der Waals surface area (Å²) in [6.45, 7) is 10.4. The van der Waals surface area contributed by atoms with Crippen LogP contribution in [0.4, 0.5) is 0 Å². The van der Waals surface area contributed by atoms with Gasteiger partial charge in [-0.05, 0) is 59.1 Å². The second kappa shape index (κ2) is 8.31. The fourth-order valence-corrected chi connectivity index (χ4v) is 2.41. The normalized spacial score (nSPS) is 11.7. The first-order valence-electron chi connectivity index (χ1n) is 7.25. The highest BCUT2D eigenvalue weighted by molar-refractivity contribution is 5.21. The fourth-order valence-electron chi connectivity index (χ4n) is 2.41. The van der Waals surface area contributed by atoms with Gasteiger partial charge in [-0.25, -0.2) is 0 Å². The summed E-state index contributed by atoms with van der Waals surface area (Å²) in [6.07, 6.45) is 6.10. The van der Waals surface area contributed by atoms with Gasteiger partial charge in [0.1, 0.15) is 0 Å². The molecule has 0 bridgehead atoms. The van der Waals surface area contributed by atoms with E-state index in [4.69, 9.17) is 0 Å². The monoisotopic (exact) mass is 246 g/mol. The van der Waals surface area contributed by atoms with Gasteiger partial charge in [0.15, 0.2) is 0 Å². The lowest BCUT2D eigenvalue weighted by Gasteiger charge is -2.30. The molecule has 0 saturated heterocycles. The standard InChI is InChI=1S/C17H28N/c1-15(2)18(16(3)4)14-10-6-9-13-17-11-7-5-8-12-17/h5,7-8,11-13,15-16H,6,9-10,14H2,1-4H3. The molecule has 0 heterocycles. The summed E-state index contributed by atoms with van der Waals surface area (Å²) in [5.74, 6) is 0. The molecule has 1 nitrogen and oxygen atoms in total. The third-order valence-corrected chi connectivity index (χ3v) is 3.38. The third-order valence-electron chi connectivity index (χ3n) is 3.38. The summed E-state index contributed by atoms with van der Waals surface area (Å²) < 4.78 is 0. The maximum absolute atomic E-state index is 2.57. The van der Waals surface area contributed by atoms with E-state index >= 15 is 0 Å². The first kappa shape index (κ1) is 15.2. The predicted octanol–water partition coefficient (Wildman–Crippen LogP) is 4.53. The SMILES string of the molecule is CC(C)N(CCCC[CH]c1ccccc1)C(C)C. The fraction of sp³-hybridized carbons (Fsp3) is 0.588. The lowest BCUT2D eigenvalue weighted by molar-refractivity contribution is 0.172. The maximum Gasteiger partial charge on any atom is 0.00412 e. The van der Waals surface area contributed by atoms with E-state index in [9.17, 15) is 0 Å². The Labute approximate surface area is 113 Å². The molecule has 0 atom stereocenters. The third kappa shape index (κ3) is 5.68. The van der Waals surface area contributed by atoms with Crippen LogP contribution >= 0.6 is 0 Å². The minimum atomic E-state index is 0.656. The van der Waals surface area contributed by atoms with Gasteiger partial charge in [0.2, 0.25) is 0 Å². The lowest BCUT2D eigenvalue weighted by atomic mass is 10.1. The molecular formula is C17H28N. The maximum atomic E-state index is 2.57. The van der Waals surface area contributed by atoms with E-state index in [-0.39, 0.29) is 0 Å². The number of benzene rings is 1. The van der Waals surface area contributed by atoms with Gasteiger partial charge in [-0.15, -0.1) is 0 Å². The zero-order valence-electron chi connectivity index (χ0n) is 12.4. The molecule has 0 N–H and O–H groups in total. The minimum absolute atomic E-state index is 0.656. The van der Waals surface area contributed by atoms with Crippen molar-refractivity contribution in [2.75, 3.05) is 6.54 Å². The number of rotatable bonds is 8. The Balaban J connectivity index is 2.15. The van der Waals surface area contributed by atoms with Crippen molar-refractivity contribution in [3.05, 3.63) is 42.3 Å². The van der Waals surface area contributed by atoms with E-state index in [0.717, 1.165) is 0 Å². The van der Waals surface area contributed by atoms with Crippen molar-refractivity contribution >= 4 is 0 Å². The average molecular weight is 246 g/mol. The van der Waals surface area contributed by atoms with Gasteiger partial charge in [0, 0.05) is 12.1 Å². The van der Waals surface area contributed by atoms with Crippen LogP contribution < -0.4 is 0 Å². The zero-order chi connectivity index (χ0) is 13.4. The number of unbranched alkanes of at least 4 members (excludes halogenated alkanes) is 2. The molecule has 0 fully saturated rings. The van der Waals surface area contributed by atoms with E-state index in [1.54, 1.807) is 0 Å². The molecule has 0 spiro atoms.